The molecule has 0 bridgehead atoms. The van der Waals surface area contributed by atoms with Gasteiger partial charge in [-0.2, -0.15) is 0 Å². The number of carbonyl (C=O) groups is 2. The summed E-state index contributed by atoms with van der Waals surface area (Å²) in [5.74, 6) is -0.208. The summed E-state index contributed by atoms with van der Waals surface area (Å²) in [6, 6.07) is 6.65. The molecule has 0 aliphatic carbocycles. The van der Waals surface area contributed by atoms with Crippen LogP contribution in [0.2, 0.25) is 5.02 Å². The van der Waals surface area contributed by atoms with E-state index < -0.39 is 11.5 Å². The quantitative estimate of drug-likeness (QED) is 0.836. The van der Waals surface area contributed by atoms with Gasteiger partial charge in [0.1, 0.15) is 6.04 Å². The minimum absolute atomic E-state index is 0.0844. The van der Waals surface area contributed by atoms with E-state index >= 15 is 0 Å². The largest absolute Gasteiger partial charge is 0.344 e. The lowest BCUT2D eigenvalue weighted by molar-refractivity contribution is -0.134. The van der Waals surface area contributed by atoms with E-state index in [1.165, 1.54) is 0 Å². The standard InChI is InChI=1S/C17H24ClN3O2/c1-3-17(4-2,11-19)16(23)20-14-9-10-21(15(14)22)13-7-5-12(18)6-8-13/h5-8,14H,3-4,9-11,19H2,1-2H3,(H,20,23). The Bertz CT molecular complexity index is 561. The van der Waals surface area contributed by atoms with E-state index in [0.717, 1.165) is 5.69 Å². The molecule has 5 nitrogen and oxygen atoms in total. The number of hydrogen-bond acceptors (Lipinski definition) is 3. The molecule has 3 N–H and O–H groups in total. The summed E-state index contributed by atoms with van der Waals surface area (Å²) in [6.45, 7) is 4.77. The van der Waals surface area contributed by atoms with Crippen LogP contribution in [0.1, 0.15) is 33.1 Å². The minimum Gasteiger partial charge on any atom is -0.344 e. The number of amides is 2. The maximum Gasteiger partial charge on any atom is 0.249 e. The second-order valence-corrected chi connectivity index (χ2v) is 6.41. The van der Waals surface area contributed by atoms with E-state index in [9.17, 15) is 9.59 Å². The highest BCUT2D eigenvalue weighted by Gasteiger charge is 2.39. The Morgan fingerprint density at radius 1 is 1.35 bits per heavy atom. The van der Waals surface area contributed by atoms with Gasteiger partial charge < -0.3 is 16.0 Å². The van der Waals surface area contributed by atoms with Crippen molar-refractivity contribution in [3.05, 3.63) is 29.3 Å². The van der Waals surface area contributed by atoms with E-state index in [4.69, 9.17) is 17.3 Å². The van der Waals surface area contributed by atoms with Crippen molar-refractivity contribution in [3.8, 4) is 0 Å². The number of carbonyl (C=O) groups excluding carboxylic acids is 2. The van der Waals surface area contributed by atoms with E-state index in [-0.39, 0.29) is 18.4 Å². The van der Waals surface area contributed by atoms with Crippen molar-refractivity contribution in [2.75, 3.05) is 18.0 Å². The molecule has 1 heterocycles. The molecule has 0 radical (unpaired) electrons. The highest BCUT2D eigenvalue weighted by Crippen LogP contribution is 2.27. The molecule has 1 fully saturated rings. The number of hydrogen-bond donors (Lipinski definition) is 2. The monoisotopic (exact) mass is 337 g/mol. The van der Waals surface area contributed by atoms with Gasteiger partial charge in [-0.1, -0.05) is 25.4 Å². The van der Waals surface area contributed by atoms with Gasteiger partial charge in [-0.05, 0) is 43.5 Å². The molecule has 23 heavy (non-hydrogen) atoms. The van der Waals surface area contributed by atoms with Crippen molar-refractivity contribution in [3.63, 3.8) is 0 Å². The fourth-order valence-corrected chi connectivity index (χ4v) is 3.08. The summed E-state index contributed by atoms with van der Waals surface area (Å²) in [6.07, 6.45) is 1.92. The van der Waals surface area contributed by atoms with Crippen LogP contribution in [0.25, 0.3) is 0 Å². The summed E-state index contributed by atoms with van der Waals surface area (Å²) in [5.41, 5.74) is 6.01. The fourth-order valence-electron chi connectivity index (χ4n) is 2.96. The predicted octanol–water partition coefficient (Wildman–Crippen LogP) is 2.33. The Morgan fingerprint density at radius 3 is 2.48 bits per heavy atom. The molecule has 1 aliphatic rings. The molecule has 2 amide bonds. The average molecular weight is 338 g/mol. The SMILES string of the molecule is CCC(CC)(CN)C(=O)NC1CCN(c2ccc(Cl)cc2)C1=O. The van der Waals surface area contributed by atoms with Gasteiger partial charge in [0.05, 0.1) is 5.41 Å². The molecule has 0 aromatic heterocycles. The Morgan fingerprint density at radius 2 is 1.96 bits per heavy atom. The number of nitrogens with two attached hydrogens (primary N) is 1. The molecule has 1 aromatic rings. The van der Waals surface area contributed by atoms with Crippen LogP contribution in [0.5, 0.6) is 0 Å². The highest BCUT2D eigenvalue weighted by molar-refractivity contribution is 6.30. The van der Waals surface area contributed by atoms with Crippen LogP contribution >= 0.6 is 11.6 Å². The van der Waals surface area contributed by atoms with Crippen molar-refractivity contribution >= 4 is 29.1 Å². The third-order valence-corrected chi connectivity index (χ3v) is 5.13. The maximum atomic E-state index is 12.6. The van der Waals surface area contributed by atoms with Gasteiger partial charge in [0, 0.05) is 23.8 Å². The lowest BCUT2D eigenvalue weighted by Gasteiger charge is -2.29. The molecule has 1 atom stereocenters. The summed E-state index contributed by atoms with van der Waals surface area (Å²) >= 11 is 5.88. The Hall–Kier alpha value is -1.59. The fraction of sp³-hybridized carbons (Fsp3) is 0.529. The predicted molar refractivity (Wildman–Crippen MR) is 92.4 cm³/mol. The first-order chi connectivity index (χ1) is 11.0. The van der Waals surface area contributed by atoms with E-state index in [0.29, 0.717) is 30.8 Å². The van der Waals surface area contributed by atoms with Crippen LogP contribution in [-0.4, -0.2) is 30.9 Å². The maximum absolute atomic E-state index is 12.6. The normalized spacial score (nSPS) is 18.3. The zero-order chi connectivity index (χ0) is 17.0. The molecule has 2 rings (SSSR count). The highest BCUT2D eigenvalue weighted by atomic mass is 35.5. The van der Waals surface area contributed by atoms with Crippen molar-refractivity contribution in [2.45, 2.75) is 39.2 Å². The van der Waals surface area contributed by atoms with Crippen LogP contribution < -0.4 is 16.0 Å². The zero-order valence-electron chi connectivity index (χ0n) is 13.6. The number of benzene rings is 1. The Labute approximate surface area is 142 Å². The first-order valence-corrected chi connectivity index (χ1v) is 8.43. The van der Waals surface area contributed by atoms with Gasteiger partial charge in [0.2, 0.25) is 11.8 Å². The summed E-state index contributed by atoms with van der Waals surface area (Å²) in [5, 5.41) is 3.53. The average Bonchev–Trinajstić information content (AvgIpc) is 2.91. The van der Waals surface area contributed by atoms with Gasteiger partial charge in [0.25, 0.3) is 0 Å². The van der Waals surface area contributed by atoms with Gasteiger partial charge in [-0.15, -0.1) is 0 Å². The van der Waals surface area contributed by atoms with Crippen LogP contribution in [0, 0.1) is 5.41 Å². The second-order valence-electron chi connectivity index (χ2n) is 5.97. The number of halogens is 1. The molecule has 1 unspecified atom stereocenters. The van der Waals surface area contributed by atoms with Gasteiger partial charge >= 0.3 is 0 Å². The second kappa shape index (κ2) is 7.32. The molecule has 6 heteroatoms. The van der Waals surface area contributed by atoms with Crippen molar-refractivity contribution in [1.82, 2.24) is 5.32 Å². The molecular weight excluding hydrogens is 314 g/mol. The lowest BCUT2D eigenvalue weighted by Crippen LogP contribution is -2.51. The molecule has 0 saturated carbocycles. The number of nitrogens with one attached hydrogen (secondary N) is 1. The first kappa shape index (κ1) is 17.8. The van der Waals surface area contributed by atoms with Crippen LogP contribution in [0.4, 0.5) is 5.69 Å². The molecule has 1 aromatic carbocycles. The summed E-state index contributed by atoms with van der Waals surface area (Å²) in [4.78, 5) is 26.8. The van der Waals surface area contributed by atoms with E-state index in [1.54, 1.807) is 17.0 Å². The van der Waals surface area contributed by atoms with Gasteiger partial charge in [0.15, 0.2) is 0 Å². The molecule has 0 spiro atoms. The van der Waals surface area contributed by atoms with Crippen LogP contribution in [0.15, 0.2) is 24.3 Å². The summed E-state index contributed by atoms with van der Waals surface area (Å²) in [7, 11) is 0. The van der Waals surface area contributed by atoms with Crippen LogP contribution in [-0.2, 0) is 9.59 Å². The van der Waals surface area contributed by atoms with Gasteiger partial charge in [-0.3, -0.25) is 9.59 Å². The minimum atomic E-state index is -0.589. The molecule has 1 saturated heterocycles. The van der Waals surface area contributed by atoms with Crippen molar-refractivity contribution < 1.29 is 9.59 Å². The number of rotatable bonds is 6. The molecular formula is C17H24ClN3O2. The third-order valence-electron chi connectivity index (χ3n) is 4.88. The Balaban J connectivity index is 2.07. The number of nitrogens with zero attached hydrogens (tertiary/aromatic N) is 1. The Kier molecular flexibility index (Phi) is 5.65. The molecule has 1 aliphatic heterocycles. The topological polar surface area (TPSA) is 75.4 Å². The third kappa shape index (κ3) is 3.51. The lowest BCUT2D eigenvalue weighted by atomic mass is 9.81. The van der Waals surface area contributed by atoms with Crippen molar-refractivity contribution in [2.24, 2.45) is 11.1 Å². The molecule has 126 valence electrons. The summed E-state index contributed by atoms with van der Waals surface area (Å²) < 4.78 is 0. The van der Waals surface area contributed by atoms with Gasteiger partial charge in [-0.25, -0.2) is 0 Å². The van der Waals surface area contributed by atoms with Crippen molar-refractivity contribution in [1.29, 1.82) is 0 Å². The zero-order valence-corrected chi connectivity index (χ0v) is 14.4. The smallest absolute Gasteiger partial charge is 0.249 e. The van der Waals surface area contributed by atoms with E-state index in [1.807, 2.05) is 26.0 Å². The first-order valence-electron chi connectivity index (χ1n) is 8.05. The van der Waals surface area contributed by atoms with Crippen LogP contribution in [0.3, 0.4) is 0 Å². The number of anilines is 1. The van der Waals surface area contributed by atoms with E-state index in [2.05, 4.69) is 5.32 Å².